The van der Waals surface area contributed by atoms with Crippen LogP contribution in [0.3, 0.4) is 0 Å². The second kappa shape index (κ2) is 10.4. The van der Waals surface area contributed by atoms with Crippen molar-refractivity contribution in [2.45, 2.75) is 0 Å². The summed E-state index contributed by atoms with van der Waals surface area (Å²) < 4.78 is 15.6. The number of ether oxygens (including phenoxy) is 2. The molecule has 0 atom stereocenters. The Labute approximate surface area is 177 Å². The first kappa shape index (κ1) is 21.3. The molecule has 0 bridgehead atoms. The molecular formula is C22H19N3O6. The summed E-state index contributed by atoms with van der Waals surface area (Å²) in [6.07, 6.45) is 2.75. The molecule has 2 aromatic carbocycles. The minimum absolute atomic E-state index is 0.108. The van der Waals surface area contributed by atoms with Crippen LogP contribution < -0.4 is 20.2 Å². The van der Waals surface area contributed by atoms with Crippen LogP contribution in [-0.4, -0.2) is 37.7 Å². The van der Waals surface area contributed by atoms with Crippen LogP contribution in [0.4, 0.5) is 0 Å². The summed E-state index contributed by atoms with van der Waals surface area (Å²) in [5, 5.41) is 6.24. The first-order valence-electron chi connectivity index (χ1n) is 9.15. The van der Waals surface area contributed by atoms with Crippen LogP contribution in [0, 0.1) is 0 Å². The Kier molecular flexibility index (Phi) is 7.15. The maximum atomic E-state index is 12.2. The molecule has 0 spiro atoms. The number of nitrogens with one attached hydrogen (secondary N) is 2. The van der Waals surface area contributed by atoms with Crippen molar-refractivity contribution in [2.24, 2.45) is 5.10 Å². The van der Waals surface area contributed by atoms with Gasteiger partial charge in [0.1, 0.15) is 0 Å². The lowest BCUT2D eigenvalue weighted by atomic mass is 10.2. The largest absolute Gasteiger partial charge is 0.493 e. The highest BCUT2D eigenvalue weighted by atomic mass is 16.6. The second-order valence-corrected chi connectivity index (χ2v) is 6.12. The molecule has 0 unspecified atom stereocenters. The average Bonchev–Trinajstić information content (AvgIpc) is 3.34. The summed E-state index contributed by atoms with van der Waals surface area (Å²) in [4.78, 5) is 35.7. The van der Waals surface area contributed by atoms with E-state index < -0.39 is 17.8 Å². The third kappa shape index (κ3) is 6.04. The number of methoxy groups -OCH3 is 1. The number of amides is 2. The van der Waals surface area contributed by atoms with Crippen molar-refractivity contribution >= 4 is 24.0 Å². The maximum Gasteiger partial charge on any atom is 0.343 e. The van der Waals surface area contributed by atoms with Gasteiger partial charge < -0.3 is 19.2 Å². The van der Waals surface area contributed by atoms with E-state index in [9.17, 15) is 14.4 Å². The summed E-state index contributed by atoms with van der Waals surface area (Å²) >= 11 is 0. The number of rotatable bonds is 8. The molecule has 9 heteroatoms. The van der Waals surface area contributed by atoms with E-state index in [1.165, 1.54) is 25.7 Å². The van der Waals surface area contributed by atoms with E-state index in [0.29, 0.717) is 16.9 Å². The Morgan fingerprint density at radius 3 is 2.55 bits per heavy atom. The summed E-state index contributed by atoms with van der Waals surface area (Å²) in [6.45, 7) is -0.269. The molecule has 2 N–H and O–H groups in total. The average molecular weight is 421 g/mol. The molecule has 1 heterocycles. The highest BCUT2D eigenvalue weighted by molar-refractivity contribution is 5.94. The predicted octanol–water partition coefficient (Wildman–Crippen LogP) is 2.39. The van der Waals surface area contributed by atoms with Gasteiger partial charge in [-0.1, -0.05) is 18.2 Å². The highest BCUT2D eigenvalue weighted by Gasteiger charge is 2.13. The molecular weight excluding hydrogens is 402 g/mol. The number of furan rings is 1. The van der Waals surface area contributed by atoms with Crippen LogP contribution in [0.25, 0.3) is 0 Å². The summed E-state index contributed by atoms with van der Waals surface area (Å²) in [5.74, 6) is -0.852. The molecule has 9 nitrogen and oxygen atoms in total. The molecule has 0 saturated heterocycles. The Bertz CT molecular complexity index is 1080. The molecule has 3 rings (SSSR count). The van der Waals surface area contributed by atoms with Crippen molar-refractivity contribution in [3.8, 4) is 11.5 Å². The van der Waals surface area contributed by atoms with E-state index >= 15 is 0 Å². The van der Waals surface area contributed by atoms with E-state index in [1.54, 1.807) is 54.6 Å². The third-order valence-corrected chi connectivity index (χ3v) is 3.96. The lowest BCUT2D eigenvalue weighted by molar-refractivity contribution is -0.120. The maximum absolute atomic E-state index is 12.2. The molecule has 0 saturated carbocycles. The summed E-state index contributed by atoms with van der Waals surface area (Å²) in [7, 11) is 1.44. The number of benzene rings is 2. The number of hydrogen-bond acceptors (Lipinski definition) is 7. The number of hydrazone groups is 1. The van der Waals surface area contributed by atoms with Crippen molar-refractivity contribution in [2.75, 3.05) is 13.7 Å². The lowest BCUT2D eigenvalue weighted by Crippen LogP contribution is -2.34. The lowest BCUT2D eigenvalue weighted by Gasteiger charge is -2.10. The van der Waals surface area contributed by atoms with Crippen molar-refractivity contribution < 1.29 is 28.3 Å². The fraction of sp³-hybridized carbons (Fsp3) is 0.0909. The Morgan fingerprint density at radius 2 is 1.84 bits per heavy atom. The predicted molar refractivity (Wildman–Crippen MR) is 111 cm³/mol. The zero-order valence-corrected chi connectivity index (χ0v) is 16.5. The molecule has 2 amide bonds. The topological polar surface area (TPSA) is 119 Å². The quantitative estimate of drug-likeness (QED) is 0.249. The van der Waals surface area contributed by atoms with Gasteiger partial charge in [0, 0.05) is 0 Å². The number of esters is 1. The van der Waals surface area contributed by atoms with Gasteiger partial charge in [-0.2, -0.15) is 5.10 Å². The van der Waals surface area contributed by atoms with Gasteiger partial charge in [0.15, 0.2) is 17.3 Å². The summed E-state index contributed by atoms with van der Waals surface area (Å²) in [6, 6.07) is 16.4. The standard InChI is InChI=1S/C22H19N3O6/c1-29-19-12-15(9-10-17(19)31-22(28)16-6-3-2-4-7-16)13-24-25-20(26)14-23-21(27)18-8-5-11-30-18/h2-13H,14H2,1H3,(H,23,27)(H,25,26)/b24-13+. The van der Waals surface area contributed by atoms with Crippen LogP contribution in [0.15, 0.2) is 76.4 Å². The van der Waals surface area contributed by atoms with E-state index in [-0.39, 0.29) is 18.1 Å². The van der Waals surface area contributed by atoms with Gasteiger partial charge in [-0.3, -0.25) is 9.59 Å². The molecule has 0 radical (unpaired) electrons. The van der Waals surface area contributed by atoms with Crippen molar-refractivity contribution in [1.29, 1.82) is 0 Å². The minimum atomic E-state index is -0.517. The highest BCUT2D eigenvalue weighted by Crippen LogP contribution is 2.28. The van der Waals surface area contributed by atoms with Gasteiger partial charge in [0.05, 0.1) is 31.7 Å². The third-order valence-electron chi connectivity index (χ3n) is 3.96. The van der Waals surface area contributed by atoms with Gasteiger partial charge in [0.25, 0.3) is 11.8 Å². The molecule has 0 aliphatic heterocycles. The van der Waals surface area contributed by atoms with E-state index in [2.05, 4.69) is 15.8 Å². The fourth-order valence-corrected chi connectivity index (χ4v) is 2.46. The molecule has 31 heavy (non-hydrogen) atoms. The van der Waals surface area contributed by atoms with Crippen molar-refractivity contribution in [1.82, 2.24) is 10.7 Å². The first-order chi connectivity index (χ1) is 15.1. The van der Waals surface area contributed by atoms with Crippen LogP contribution in [0.5, 0.6) is 11.5 Å². The van der Waals surface area contributed by atoms with Gasteiger partial charge >= 0.3 is 5.97 Å². The molecule has 1 aromatic heterocycles. The van der Waals surface area contributed by atoms with Gasteiger partial charge in [0.2, 0.25) is 0 Å². The van der Waals surface area contributed by atoms with Crippen LogP contribution in [0.2, 0.25) is 0 Å². The zero-order chi connectivity index (χ0) is 22.1. The Morgan fingerprint density at radius 1 is 1.03 bits per heavy atom. The number of carbonyl (C=O) groups is 3. The number of hydrogen-bond donors (Lipinski definition) is 2. The summed E-state index contributed by atoms with van der Waals surface area (Å²) in [5.41, 5.74) is 3.30. The van der Waals surface area contributed by atoms with Crippen molar-refractivity contribution in [3.05, 3.63) is 83.8 Å². The molecule has 158 valence electrons. The smallest absolute Gasteiger partial charge is 0.343 e. The molecule has 0 aliphatic carbocycles. The van der Waals surface area contributed by atoms with E-state index in [4.69, 9.17) is 13.9 Å². The van der Waals surface area contributed by atoms with E-state index in [0.717, 1.165) is 0 Å². The monoisotopic (exact) mass is 421 g/mol. The fourth-order valence-electron chi connectivity index (χ4n) is 2.46. The van der Waals surface area contributed by atoms with Crippen LogP contribution in [-0.2, 0) is 4.79 Å². The van der Waals surface area contributed by atoms with E-state index in [1.807, 2.05) is 0 Å². The molecule has 0 fully saturated rings. The van der Waals surface area contributed by atoms with Crippen LogP contribution >= 0.6 is 0 Å². The van der Waals surface area contributed by atoms with Crippen LogP contribution in [0.1, 0.15) is 26.5 Å². The molecule has 0 aliphatic rings. The van der Waals surface area contributed by atoms with Gasteiger partial charge in [-0.15, -0.1) is 0 Å². The first-order valence-corrected chi connectivity index (χ1v) is 9.15. The zero-order valence-electron chi connectivity index (χ0n) is 16.5. The Balaban J connectivity index is 1.54. The van der Waals surface area contributed by atoms with Gasteiger partial charge in [-0.25, -0.2) is 10.2 Å². The Hall–Kier alpha value is -4.40. The molecule has 3 aromatic rings. The minimum Gasteiger partial charge on any atom is -0.493 e. The normalized spacial score (nSPS) is 10.5. The number of nitrogens with zero attached hydrogens (tertiary/aromatic N) is 1. The second-order valence-electron chi connectivity index (χ2n) is 6.12. The number of carbonyl (C=O) groups excluding carboxylic acids is 3. The van der Waals surface area contributed by atoms with Crippen molar-refractivity contribution in [3.63, 3.8) is 0 Å². The van der Waals surface area contributed by atoms with Gasteiger partial charge in [-0.05, 0) is 48.0 Å². The SMILES string of the molecule is COc1cc(/C=N/NC(=O)CNC(=O)c2ccco2)ccc1OC(=O)c1ccccc1.